The van der Waals surface area contributed by atoms with Gasteiger partial charge in [-0.3, -0.25) is 9.59 Å². The van der Waals surface area contributed by atoms with Gasteiger partial charge in [-0.2, -0.15) is 0 Å². The van der Waals surface area contributed by atoms with Gasteiger partial charge >= 0.3 is 5.69 Å². The van der Waals surface area contributed by atoms with Crippen molar-refractivity contribution < 1.29 is 19.4 Å². The predicted molar refractivity (Wildman–Crippen MR) is 168 cm³/mol. The molecule has 5 N–H and O–H groups in total. The molecule has 0 radical (unpaired) electrons. The van der Waals surface area contributed by atoms with Crippen molar-refractivity contribution in [2.45, 2.75) is 6.42 Å². The van der Waals surface area contributed by atoms with Gasteiger partial charge in [0.25, 0.3) is 5.91 Å². The summed E-state index contributed by atoms with van der Waals surface area (Å²) < 4.78 is 5.44. The lowest BCUT2D eigenvalue weighted by molar-refractivity contribution is -0.115. The second-order valence-corrected chi connectivity index (χ2v) is 9.93. The number of phenols is 1. The molecule has 6 aromatic rings. The number of azo groups is 1. The average molecular weight is 587 g/mol. The highest BCUT2D eigenvalue weighted by Crippen LogP contribution is 2.40. The summed E-state index contributed by atoms with van der Waals surface area (Å²) in [6.07, 6.45) is -0.153. The number of aromatic amines is 2. The maximum Gasteiger partial charge on any atom is 0.323 e. The Morgan fingerprint density at radius 1 is 0.818 bits per heavy atom. The lowest BCUT2D eigenvalue weighted by Gasteiger charge is -2.12. The van der Waals surface area contributed by atoms with Gasteiger partial charge in [0.1, 0.15) is 22.9 Å². The first-order valence-electron chi connectivity index (χ1n) is 13.6. The highest BCUT2D eigenvalue weighted by Gasteiger charge is 2.17. The molecule has 11 heteroatoms. The molecule has 5 aromatic carbocycles. The van der Waals surface area contributed by atoms with E-state index >= 15 is 0 Å². The van der Waals surface area contributed by atoms with Crippen LogP contribution in [0.4, 0.5) is 22.7 Å². The number of nitrogens with one attached hydrogen (secondary N) is 4. The van der Waals surface area contributed by atoms with E-state index in [1.54, 1.807) is 60.7 Å². The van der Waals surface area contributed by atoms with Crippen molar-refractivity contribution in [3.05, 3.63) is 119 Å². The van der Waals surface area contributed by atoms with E-state index in [1.165, 1.54) is 7.11 Å². The minimum atomic E-state index is -0.380. The molecule has 0 saturated carbocycles. The van der Waals surface area contributed by atoms with E-state index in [0.717, 1.165) is 5.39 Å². The topological polar surface area (TPSA) is 161 Å². The molecule has 1 aromatic heterocycles. The van der Waals surface area contributed by atoms with Crippen LogP contribution in [0.15, 0.2) is 112 Å². The van der Waals surface area contributed by atoms with Crippen molar-refractivity contribution in [3.63, 3.8) is 0 Å². The number of hydrogen-bond donors (Lipinski definition) is 5. The summed E-state index contributed by atoms with van der Waals surface area (Å²) in [5, 5.41) is 27.0. The number of rotatable bonds is 8. The number of H-pyrrole nitrogens is 2. The predicted octanol–water partition coefficient (Wildman–Crippen LogP) is 6.57. The standard InChI is InChI=1S/C33H26N6O5/c1-44-28-14-11-20(32(42)35-22-8-3-2-4-9-22)16-27(28)38-39-30-24-10-6-5-7-19(24)15-21(31(30)41)17-29(40)34-23-12-13-25-26(18-23)37-33(43)36-25/h2-16,18,41H,17H2,1H3,(H,34,40)(H,35,42)(H2,36,37,43). The van der Waals surface area contributed by atoms with E-state index < -0.39 is 0 Å². The Morgan fingerprint density at radius 3 is 2.41 bits per heavy atom. The third kappa shape index (κ3) is 5.88. The van der Waals surface area contributed by atoms with Gasteiger partial charge in [0.05, 0.1) is 24.6 Å². The van der Waals surface area contributed by atoms with Crippen LogP contribution in [0.5, 0.6) is 11.5 Å². The summed E-state index contributed by atoms with van der Waals surface area (Å²) in [6, 6.07) is 27.9. The number of fused-ring (bicyclic) bond motifs is 2. The molecule has 0 spiro atoms. The minimum Gasteiger partial charge on any atom is -0.505 e. The Hall–Kier alpha value is -6.23. The number of benzene rings is 5. The van der Waals surface area contributed by atoms with Crippen molar-refractivity contribution in [3.8, 4) is 11.5 Å². The van der Waals surface area contributed by atoms with Crippen molar-refractivity contribution in [2.75, 3.05) is 17.7 Å². The second-order valence-electron chi connectivity index (χ2n) is 9.93. The molecule has 11 nitrogen and oxygen atoms in total. The number of ether oxygens (including phenoxy) is 1. The summed E-state index contributed by atoms with van der Waals surface area (Å²) in [5.74, 6) is -0.539. The van der Waals surface area contributed by atoms with Gasteiger partial charge in [-0.25, -0.2) is 4.79 Å². The molecule has 1 heterocycles. The Labute approximate surface area is 250 Å². The van der Waals surface area contributed by atoms with Crippen molar-refractivity contribution in [2.24, 2.45) is 10.2 Å². The van der Waals surface area contributed by atoms with Crippen LogP contribution in [0.25, 0.3) is 21.8 Å². The summed E-state index contributed by atoms with van der Waals surface area (Å²) in [6.45, 7) is 0. The Morgan fingerprint density at radius 2 is 1.59 bits per heavy atom. The van der Waals surface area contributed by atoms with E-state index in [1.807, 2.05) is 36.4 Å². The number of hydrogen-bond acceptors (Lipinski definition) is 7. The quantitative estimate of drug-likeness (QED) is 0.127. The molecule has 218 valence electrons. The zero-order chi connectivity index (χ0) is 30.6. The number of para-hydroxylation sites is 1. The second kappa shape index (κ2) is 11.9. The first-order valence-corrected chi connectivity index (χ1v) is 13.6. The Balaban J connectivity index is 1.29. The lowest BCUT2D eigenvalue weighted by atomic mass is 10.0. The van der Waals surface area contributed by atoms with Crippen LogP contribution in [0.2, 0.25) is 0 Å². The van der Waals surface area contributed by atoms with Crippen LogP contribution in [0.3, 0.4) is 0 Å². The van der Waals surface area contributed by atoms with E-state index in [0.29, 0.717) is 44.7 Å². The summed E-state index contributed by atoms with van der Waals surface area (Å²) >= 11 is 0. The number of carbonyl (C=O) groups excluding carboxylic acids is 2. The largest absolute Gasteiger partial charge is 0.505 e. The summed E-state index contributed by atoms with van der Waals surface area (Å²) in [7, 11) is 1.48. The Kier molecular flexibility index (Phi) is 7.58. The SMILES string of the molecule is COc1ccc(C(=O)Nc2ccccc2)cc1N=Nc1c(O)c(CC(=O)Nc2ccc3[nH]c(=O)[nH]c3c2)cc2ccccc12. The van der Waals surface area contributed by atoms with Crippen LogP contribution >= 0.6 is 0 Å². The van der Waals surface area contributed by atoms with Crippen LogP contribution in [-0.2, 0) is 11.2 Å². The molecule has 6 rings (SSSR count). The Bertz CT molecular complexity index is 2120. The maximum atomic E-state index is 13.0. The number of imidazole rings is 1. The van der Waals surface area contributed by atoms with Crippen molar-refractivity contribution in [1.29, 1.82) is 0 Å². The van der Waals surface area contributed by atoms with Crippen LogP contribution in [0.1, 0.15) is 15.9 Å². The lowest BCUT2D eigenvalue weighted by Crippen LogP contribution is -2.14. The number of carbonyl (C=O) groups is 2. The van der Waals surface area contributed by atoms with Gasteiger partial charge in [0.15, 0.2) is 0 Å². The monoisotopic (exact) mass is 586 g/mol. The highest BCUT2D eigenvalue weighted by molar-refractivity contribution is 6.05. The molecule has 0 fully saturated rings. The van der Waals surface area contributed by atoms with E-state index in [2.05, 4.69) is 30.8 Å². The molecule has 0 aliphatic carbocycles. The number of aromatic hydroxyl groups is 1. The first kappa shape index (κ1) is 27.9. The molecular weight excluding hydrogens is 560 g/mol. The van der Waals surface area contributed by atoms with Gasteiger partial charge in [0, 0.05) is 27.9 Å². The van der Waals surface area contributed by atoms with E-state index in [4.69, 9.17) is 4.74 Å². The van der Waals surface area contributed by atoms with Gasteiger partial charge < -0.3 is 30.4 Å². The van der Waals surface area contributed by atoms with E-state index in [-0.39, 0.29) is 41.0 Å². The van der Waals surface area contributed by atoms with E-state index in [9.17, 15) is 19.5 Å². The third-order valence-corrected chi connectivity index (χ3v) is 6.96. The third-order valence-electron chi connectivity index (χ3n) is 6.96. The molecule has 44 heavy (non-hydrogen) atoms. The fraction of sp³-hybridized carbons (Fsp3) is 0.0606. The molecule has 0 atom stereocenters. The van der Waals surface area contributed by atoms with Gasteiger partial charge in [-0.1, -0.05) is 42.5 Å². The fourth-order valence-corrected chi connectivity index (χ4v) is 4.84. The van der Waals surface area contributed by atoms with Crippen LogP contribution in [-0.4, -0.2) is 34.0 Å². The normalized spacial score (nSPS) is 11.2. The van der Waals surface area contributed by atoms with Crippen LogP contribution < -0.4 is 21.1 Å². The molecule has 0 aliphatic rings. The first-order chi connectivity index (χ1) is 21.4. The van der Waals surface area contributed by atoms with Gasteiger partial charge in [0.2, 0.25) is 5.91 Å². The molecule has 2 amide bonds. The smallest absolute Gasteiger partial charge is 0.323 e. The van der Waals surface area contributed by atoms with Gasteiger partial charge in [-0.15, -0.1) is 10.2 Å². The summed E-state index contributed by atoms with van der Waals surface area (Å²) in [4.78, 5) is 42.8. The maximum absolute atomic E-state index is 13.0. The minimum absolute atomic E-state index is 0.153. The van der Waals surface area contributed by atoms with Crippen molar-refractivity contribution >= 4 is 56.4 Å². The number of phenolic OH excluding ortho intramolecular Hbond substituents is 1. The number of nitrogens with zero attached hydrogens (tertiary/aromatic N) is 2. The fourth-order valence-electron chi connectivity index (χ4n) is 4.84. The molecule has 0 saturated heterocycles. The number of methoxy groups -OCH3 is 1. The van der Waals surface area contributed by atoms with Crippen LogP contribution in [0, 0.1) is 0 Å². The highest BCUT2D eigenvalue weighted by atomic mass is 16.5. The van der Waals surface area contributed by atoms with Crippen molar-refractivity contribution in [1.82, 2.24) is 9.97 Å². The zero-order valence-corrected chi connectivity index (χ0v) is 23.4. The number of aromatic nitrogens is 2. The van der Waals surface area contributed by atoms with Gasteiger partial charge in [-0.05, 0) is 60.0 Å². The number of amides is 2. The molecule has 0 bridgehead atoms. The molecular formula is C33H26N6O5. The molecule has 0 aliphatic heterocycles. The summed E-state index contributed by atoms with van der Waals surface area (Å²) in [5.41, 5.74) is 3.09. The average Bonchev–Trinajstić information content (AvgIpc) is 3.40. The number of anilines is 2. The molecule has 0 unspecified atom stereocenters. The zero-order valence-electron chi connectivity index (χ0n) is 23.4.